The van der Waals surface area contributed by atoms with Crippen LogP contribution in [0.5, 0.6) is 0 Å². The Bertz CT molecular complexity index is 443. The quantitative estimate of drug-likeness (QED) is 0.782. The molecule has 0 saturated heterocycles. The van der Waals surface area contributed by atoms with Gasteiger partial charge in [-0.25, -0.2) is 4.79 Å². The molecular weight excluding hydrogens is 266 g/mol. The Hall–Kier alpha value is -1.49. The zero-order chi connectivity index (χ0) is 15.3. The van der Waals surface area contributed by atoms with Gasteiger partial charge in [0.25, 0.3) is 0 Å². The Morgan fingerprint density at radius 1 is 1.38 bits per heavy atom. The molecule has 0 radical (unpaired) electrons. The molecule has 1 saturated carbocycles. The molecular formula is C16H27N3O2. The number of carbonyl (C=O) groups is 1. The summed E-state index contributed by atoms with van der Waals surface area (Å²) in [7, 11) is 0. The molecule has 1 heterocycles. The molecule has 5 heteroatoms. The zero-order valence-corrected chi connectivity index (χ0v) is 13.3. The first-order valence-electron chi connectivity index (χ1n) is 7.72. The molecule has 0 atom stereocenters. The number of hydrogen-bond acceptors (Lipinski definition) is 3. The second kappa shape index (κ2) is 6.52. The summed E-state index contributed by atoms with van der Waals surface area (Å²) in [6, 6.07) is 2.07. The average molecular weight is 293 g/mol. The van der Waals surface area contributed by atoms with Gasteiger partial charge in [0.1, 0.15) is 5.60 Å². The summed E-state index contributed by atoms with van der Waals surface area (Å²) in [5.74, 6) is 0. The third kappa shape index (κ3) is 5.08. The fourth-order valence-electron chi connectivity index (χ4n) is 2.78. The third-order valence-electron chi connectivity index (χ3n) is 3.86. The molecule has 1 fully saturated rings. The summed E-state index contributed by atoms with van der Waals surface area (Å²) in [6.45, 7) is 7.07. The summed E-state index contributed by atoms with van der Waals surface area (Å²) >= 11 is 0. The van der Waals surface area contributed by atoms with Gasteiger partial charge < -0.3 is 20.4 Å². The minimum atomic E-state index is -0.453. The first kappa shape index (κ1) is 15.9. The predicted molar refractivity (Wildman–Crippen MR) is 83.1 cm³/mol. The van der Waals surface area contributed by atoms with Crippen LogP contribution in [-0.4, -0.2) is 28.8 Å². The maximum Gasteiger partial charge on any atom is 0.407 e. The highest BCUT2D eigenvalue weighted by molar-refractivity contribution is 5.67. The van der Waals surface area contributed by atoms with E-state index in [1.54, 1.807) is 0 Å². The summed E-state index contributed by atoms with van der Waals surface area (Å²) in [5.41, 5.74) is 0.776. The normalized spacial score (nSPS) is 17.7. The van der Waals surface area contributed by atoms with Crippen LogP contribution >= 0.6 is 0 Å². The number of rotatable bonds is 5. The maximum absolute atomic E-state index is 11.8. The van der Waals surface area contributed by atoms with Crippen molar-refractivity contribution in [3.05, 3.63) is 24.0 Å². The Morgan fingerprint density at radius 2 is 2.10 bits per heavy atom. The summed E-state index contributed by atoms with van der Waals surface area (Å²) < 4.78 is 5.31. The lowest BCUT2D eigenvalue weighted by Gasteiger charge is -2.31. The van der Waals surface area contributed by atoms with Gasteiger partial charge in [0.05, 0.1) is 0 Å². The van der Waals surface area contributed by atoms with Crippen LogP contribution in [0.25, 0.3) is 0 Å². The van der Waals surface area contributed by atoms with Crippen LogP contribution < -0.4 is 10.6 Å². The van der Waals surface area contributed by atoms with Crippen molar-refractivity contribution in [2.75, 3.05) is 6.54 Å². The number of nitrogens with one attached hydrogen (secondary N) is 3. The number of aromatic nitrogens is 1. The SMILES string of the molecule is CC(C)(C)OC(=O)NCC1(NCc2cc[nH]c2)CCCC1. The van der Waals surface area contributed by atoms with Crippen molar-refractivity contribution in [2.45, 2.75) is 64.1 Å². The summed E-state index contributed by atoms with van der Waals surface area (Å²) in [4.78, 5) is 14.9. The van der Waals surface area contributed by atoms with Crippen LogP contribution in [0.15, 0.2) is 18.5 Å². The van der Waals surface area contributed by atoms with Gasteiger partial charge in [-0.05, 0) is 45.2 Å². The van der Waals surface area contributed by atoms with Crippen molar-refractivity contribution in [2.24, 2.45) is 0 Å². The topological polar surface area (TPSA) is 66.2 Å². The Morgan fingerprint density at radius 3 is 2.67 bits per heavy atom. The van der Waals surface area contributed by atoms with Gasteiger partial charge in [0.2, 0.25) is 0 Å². The van der Waals surface area contributed by atoms with E-state index in [1.165, 1.54) is 18.4 Å². The molecule has 5 nitrogen and oxygen atoms in total. The first-order chi connectivity index (χ1) is 9.89. The molecule has 0 unspecified atom stereocenters. The zero-order valence-electron chi connectivity index (χ0n) is 13.3. The number of H-pyrrole nitrogens is 1. The largest absolute Gasteiger partial charge is 0.444 e. The third-order valence-corrected chi connectivity index (χ3v) is 3.86. The minimum absolute atomic E-state index is 0.00578. The summed E-state index contributed by atoms with van der Waals surface area (Å²) in [5, 5.41) is 6.55. The molecule has 118 valence electrons. The first-order valence-corrected chi connectivity index (χ1v) is 7.72. The lowest BCUT2D eigenvalue weighted by Crippen LogP contribution is -2.51. The van der Waals surface area contributed by atoms with Crippen LogP contribution in [-0.2, 0) is 11.3 Å². The van der Waals surface area contributed by atoms with Gasteiger partial charge in [-0.3, -0.25) is 0 Å². The highest BCUT2D eigenvalue weighted by Gasteiger charge is 2.34. The standard InChI is InChI=1S/C16H27N3O2/c1-15(2,3)21-14(20)18-12-16(7-4-5-8-16)19-11-13-6-9-17-10-13/h6,9-10,17,19H,4-5,7-8,11-12H2,1-3H3,(H,18,20). The van der Waals surface area contributed by atoms with Crippen molar-refractivity contribution >= 4 is 6.09 Å². The van der Waals surface area contributed by atoms with E-state index < -0.39 is 5.60 Å². The van der Waals surface area contributed by atoms with Gasteiger partial charge >= 0.3 is 6.09 Å². The van der Waals surface area contributed by atoms with E-state index in [2.05, 4.69) is 21.7 Å². The van der Waals surface area contributed by atoms with E-state index in [1.807, 2.05) is 33.2 Å². The molecule has 1 aliphatic carbocycles. The van der Waals surface area contributed by atoms with E-state index in [-0.39, 0.29) is 11.6 Å². The molecule has 0 spiro atoms. The highest BCUT2D eigenvalue weighted by Crippen LogP contribution is 2.29. The van der Waals surface area contributed by atoms with E-state index in [9.17, 15) is 4.79 Å². The molecule has 1 amide bonds. The number of aromatic amines is 1. The Labute approximate surface area is 126 Å². The molecule has 3 N–H and O–H groups in total. The fourth-order valence-corrected chi connectivity index (χ4v) is 2.78. The Balaban J connectivity index is 1.85. The van der Waals surface area contributed by atoms with Gasteiger partial charge in [0, 0.05) is 31.0 Å². The highest BCUT2D eigenvalue weighted by atomic mass is 16.6. The molecule has 21 heavy (non-hydrogen) atoms. The lowest BCUT2D eigenvalue weighted by molar-refractivity contribution is 0.0509. The molecule has 2 rings (SSSR count). The number of carbonyl (C=O) groups excluding carboxylic acids is 1. The molecule has 1 aliphatic rings. The van der Waals surface area contributed by atoms with Crippen LogP contribution in [0.1, 0.15) is 52.0 Å². The van der Waals surface area contributed by atoms with Crippen LogP contribution in [0.3, 0.4) is 0 Å². The van der Waals surface area contributed by atoms with Gasteiger partial charge in [0.15, 0.2) is 0 Å². The second-order valence-electron chi connectivity index (χ2n) is 6.92. The van der Waals surface area contributed by atoms with Gasteiger partial charge in [-0.2, -0.15) is 0 Å². The molecule has 0 aromatic carbocycles. The average Bonchev–Trinajstić information content (AvgIpc) is 3.05. The van der Waals surface area contributed by atoms with E-state index in [0.29, 0.717) is 6.54 Å². The fraction of sp³-hybridized carbons (Fsp3) is 0.688. The molecule has 1 aromatic rings. The van der Waals surface area contributed by atoms with E-state index in [4.69, 9.17) is 4.74 Å². The summed E-state index contributed by atoms with van der Waals surface area (Å²) in [6.07, 6.45) is 8.18. The lowest BCUT2D eigenvalue weighted by atomic mass is 9.97. The molecule has 0 aliphatic heterocycles. The number of hydrogen-bond donors (Lipinski definition) is 3. The monoisotopic (exact) mass is 293 g/mol. The van der Waals surface area contributed by atoms with Gasteiger partial charge in [-0.15, -0.1) is 0 Å². The molecule has 1 aromatic heterocycles. The van der Waals surface area contributed by atoms with Crippen molar-refractivity contribution in [3.63, 3.8) is 0 Å². The van der Waals surface area contributed by atoms with E-state index >= 15 is 0 Å². The van der Waals surface area contributed by atoms with Crippen LogP contribution in [0.4, 0.5) is 4.79 Å². The van der Waals surface area contributed by atoms with Gasteiger partial charge in [-0.1, -0.05) is 12.8 Å². The predicted octanol–water partition coefficient (Wildman–Crippen LogP) is 2.94. The smallest absolute Gasteiger partial charge is 0.407 e. The van der Waals surface area contributed by atoms with E-state index in [0.717, 1.165) is 19.4 Å². The Kier molecular flexibility index (Phi) is 4.93. The maximum atomic E-state index is 11.8. The van der Waals surface area contributed by atoms with Crippen molar-refractivity contribution in [1.29, 1.82) is 0 Å². The number of amides is 1. The van der Waals surface area contributed by atoms with Crippen molar-refractivity contribution in [1.82, 2.24) is 15.6 Å². The second-order valence-corrected chi connectivity index (χ2v) is 6.92. The molecule has 0 bridgehead atoms. The van der Waals surface area contributed by atoms with Crippen molar-refractivity contribution in [3.8, 4) is 0 Å². The van der Waals surface area contributed by atoms with Crippen LogP contribution in [0, 0.1) is 0 Å². The van der Waals surface area contributed by atoms with Crippen molar-refractivity contribution < 1.29 is 9.53 Å². The number of alkyl carbamates (subject to hydrolysis) is 1. The minimum Gasteiger partial charge on any atom is -0.444 e. The number of ether oxygens (including phenoxy) is 1. The van der Waals surface area contributed by atoms with Crippen LogP contribution in [0.2, 0.25) is 0 Å².